The van der Waals surface area contributed by atoms with Crippen molar-refractivity contribution in [3.05, 3.63) is 18.5 Å². The van der Waals surface area contributed by atoms with Crippen molar-refractivity contribution in [2.75, 3.05) is 37.4 Å². The Morgan fingerprint density at radius 1 is 1.43 bits per heavy atom. The summed E-state index contributed by atoms with van der Waals surface area (Å²) in [4.78, 5) is 14.7. The fraction of sp³-hybridized carbons (Fsp3) is 0.538. The molecule has 0 saturated carbocycles. The van der Waals surface area contributed by atoms with Crippen LogP contribution in [0.5, 0.6) is 0 Å². The molecule has 0 aromatic carbocycles. The number of ether oxygens (including phenoxy) is 1. The van der Waals surface area contributed by atoms with Gasteiger partial charge in [-0.3, -0.25) is 0 Å². The molecule has 2 aromatic heterocycles. The third-order valence-electron chi connectivity index (χ3n) is 3.47. The van der Waals surface area contributed by atoms with Crippen LogP contribution >= 0.6 is 0 Å². The summed E-state index contributed by atoms with van der Waals surface area (Å²) in [6.45, 7) is 2.49. The van der Waals surface area contributed by atoms with E-state index >= 15 is 0 Å². The van der Waals surface area contributed by atoms with Gasteiger partial charge in [0.15, 0.2) is 0 Å². The van der Waals surface area contributed by atoms with Gasteiger partial charge in [0, 0.05) is 32.6 Å². The molecule has 1 aliphatic heterocycles. The average Bonchev–Trinajstić information content (AvgIpc) is 3.02. The lowest BCUT2D eigenvalue weighted by Gasteiger charge is -2.27. The second-order valence-electron chi connectivity index (χ2n) is 5.21. The van der Waals surface area contributed by atoms with Crippen LogP contribution < -0.4 is 10.6 Å². The minimum Gasteiger partial charge on any atom is -0.381 e. The molecule has 3 heterocycles. The van der Waals surface area contributed by atoms with Gasteiger partial charge in [-0.15, -0.1) is 0 Å². The molecule has 0 radical (unpaired) electrons. The highest BCUT2D eigenvalue weighted by atomic mass is 16.5. The van der Waals surface area contributed by atoms with E-state index in [1.54, 1.807) is 17.1 Å². The topological polar surface area (TPSA) is 95.0 Å². The van der Waals surface area contributed by atoms with Gasteiger partial charge in [0.1, 0.15) is 0 Å². The number of anilines is 2. The Labute approximate surface area is 123 Å². The van der Waals surface area contributed by atoms with Crippen LogP contribution in [0, 0.1) is 5.92 Å². The summed E-state index contributed by atoms with van der Waals surface area (Å²) in [7, 11) is 1.95. The molecule has 8 nitrogen and oxygen atoms in total. The summed E-state index contributed by atoms with van der Waals surface area (Å²) in [6.07, 6.45) is 5.71. The van der Waals surface area contributed by atoms with E-state index in [0.29, 0.717) is 17.8 Å². The number of nitrogens with two attached hydrogens (primary N) is 1. The molecule has 3 rings (SSSR count). The Kier molecular flexibility index (Phi) is 3.96. The zero-order chi connectivity index (χ0) is 14.7. The van der Waals surface area contributed by atoms with Crippen LogP contribution in [0.15, 0.2) is 18.5 Å². The SMILES string of the molecule is CN(CC1CCCOC1)c1nc(N)nc(-n2cccn2)n1. The molecule has 0 spiro atoms. The molecular formula is C13H19N7O. The summed E-state index contributed by atoms with van der Waals surface area (Å²) in [5, 5.41) is 4.11. The number of nitrogens with zero attached hydrogens (tertiary/aromatic N) is 6. The monoisotopic (exact) mass is 289 g/mol. The number of hydrogen-bond acceptors (Lipinski definition) is 7. The predicted molar refractivity (Wildman–Crippen MR) is 78.2 cm³/mol. The van der Waals surface area contributed by atoms with Crippen LogP contribution in [0.25, 0.3) is 5.95 Å². The van der Waals surface area contributed by atoms with Crippen molar-refractivity contribution in [1.82, 2.24) is 24.7 Å². The molecule has 0 amide bonds. The van der Waals surface area contributed by atoms with Crippen LogP contribution in [0.1, 0.15) is 12.8 Å². The van der Waals surface area contributed by atoms with Crippen LogP contribution in [-0.4, -0.2) is 51.5 Å². The first-order chi connectivity index (χ1) is 10.2. The first kappa shape index (κ1) is 13.7. The minimum atomic E-state index is 0.192. The lowest BCUT2D eigenvalue weighted by Crippen LogP contribution is -2.32. The molecular weight excluding hydrogens is 270 g/mol. The van der Waals surface area contributed by atoms with E-state index in [4.69, 9.17) is 10.5 Å². The Morgan fingerprint density at radius 2 is 2.33 bits per heavy atom. The Hall–Kier alpha value is -2.22. The van der Waals surface area contributed by atoms with Crippen molar-refractivity contribution in [1.29, 1.82) is 0 Å². The molecule has 112 valence electrons. The third-order valence-corrected chi connectivity index (χ3v) is 3.47. The van der Waals surface area contributed by atoms with Gasteiger partial charge in [0.2, 0.25) is 11.9 Å². The van der Waals surface area contributed by atoms with Crippen LogP contribution in [0.4, 0.5) is 11.9 Å². The van der Waals surface area contributed by atoms with Crippen LogP contribution in [0.3, 0.4) is 0 Å². The molecule has 1 fully saturated rings. The summed E-state index contributed by atoms with van der Waals surface area (Å²) >= 11 is 0. The summed E-state index contributed by atoms with van der Waals surface area (Å²) in [5.41, 5.74) is 5.78. The van der Waals surface area contributed by atoms with E-state index in [9.17, 15) is 0 Å². The number of hydrogen-bond donors (Lipinski definition) is 1. The standard InChI is InChI=1S/C13H19N7O/c1-19(8-10-4-2-7-21-9-10)12-16-11(14)17-13(18-12)20-6-3-5-15-20/h3,5-6,10H,2,4,7-9H2,1H3,(H2,14,16,17,18). The predicted octanol–water partition coefficient (Wildman–Crippen LogP) is 0.502. The molecule has 2 N–H and O–H groups in total. The van der Waals surface area contributed by atoms with E-state index in [1.165, 1.54) is 0 Å². The maximum Gasteiger partial charge on any atom is 0.257 e. The van der Waals surface area contributed by atoms with Gasteiger partial charge in [-0.2, -0.15) is 20.1 Å². The molecule has 0 bridgehead atoms. The second kappa shape index (κ2) is 6.04. The van der Waals surface area contributed by atoms with E-state index in [0.717, 1.165) is 32.6 Å². The van der Waals surface area contributed by atoms with E-state index < -0.39 is 0 Å². The van der Waals surface area contributed by atoms with Crippen molar-refractivity contribution in [2.24, 2.45) is 5.92 Å². The maximum absolute atomic E-state index is 5.78. The highest BCUT2D eigenvalue weighted by Crippen LogP contribution is 2.17. The Balaban J connectivity index is 1.77. The highest BCUT2D eigenvalue weighted by molar-refractivity contribution is 5.36. The zero-order valence-corrected chi connectivity index (χ0v) is 12.0. The number of aromatic nitrogens is 5. The van der Waals surface area contributed by atoms with Crippen molar-refractivity contribution >= 4 is 11.9 Å². The van der Waals surface area contributed by atoms with Crippen molar-refractivity contribution < 1.29 is 4.74 Å². The smallest absolute Gasteiger partial charge is 0.257 e. The van der Waals surface area contributed by atoms with E-state index in [2.05, 4.69) is 20.1 Å². The Bertz CT molecular complexity index is 580. The normalized spacial score (nSPS) is 18.6. The minimum absolute atomic E-state index is 0.192. The summed E-state index contributed by atoms with van der Waals surface area (Å²) < 4.78 is 7.08. The first-order valence-electron chi connectivity index (χ1n) is 7.03. The van der Waals surface area contributed by atoms with Gasteiger partial charge in [0.05, 0.1) is 6.61 Å². The van der Waals surface area contributed by atoms with Gasteiger partial charge in [-0.25, -0.2) is 4.68 Å². The highest BCUT2D eigenvalue weighted by Gasteiger charge is 2.18. The molecule has 1 unspecified atom stereocenters. The van der Waals surface area contributed by atoms with E-state index in [1.807, 2.05) is 18.0 Å². The lowest BCUT2D eigenvalue weighted by atomic mass is 10.0. The largest absolute Gasteiger partial charge is 0.381 e. The summed E-state index contributed by atoms with van der Waals surface area (Å²) in [5.74, 6) is 1.67. The molecule has 8 heteroatoms. The second-order valence-corrected chi connectivity index (χ2v) is 5.21. The van der Waals surface area contributed by atoms with Crippen LogP contribution in [-0.2, 0) is 4.74 Å². The van der Waals surface area contributed by atoms with Gasteiger partial charge in [-0.1, -0.05) is 0 Å². The molecule has 2 aromatic rings. The van der Waals surface area contributed by atoms with Crippen molar-refractivity contribution in [3.8, 4) is 5.95 Å². The molecule has 1 saturated heterocycles. The van der Waals surface area contributed by atoms with Gasteiger partial charge >= 0.3 is 0 Å². The molecule has 1 atom stereocenters. The van der Waals surface area contributed by atoms with E-state index in [-0.39, 0.29) is 5.95 Å². The van der Waals surface area contributed by atoms with Gasteiger partial charge in [0.25, 0.3) is 5.95 Å². The maximum atomic E-state index is 5.78. The zero-order valence-electron chi connectivity index (χ0n) is 12.0. The third kappa shape index (κ3) is 3.27. The lowest BCUT2D eigenvalue weighted by molar-refractivity contribution is 0.0575. The van der Waals surface area contributed by atoms with Crippen molar-refractivity contribution in [2.45, 2.75) is 12.8 Å². The Morgan fingerprint density at radius 3 is 3.05 bits per heavy atom. The van der Waals surface area contributed by atoms with Crippen LogP contribution in [0.2, 0.25) is 0 Å². The summed E-state index contributed by atoms with van der Waals surface area (Å²) in [6, 6.07) is 1.81. The fourth-order valence-corrected chi connectivity index (χ4v) is 2.45. The number of rotatable bonds is 4. The molecule has 1 aliphatic rings. The van der Waals surface area contributed by atoms with Gasteiger partial charge < -0.3 is 15.4 Å². The van der Waals surface area contributed by atoms with Gasteiger partial charge in [-0.05, 0) is 24.8 Å². The number of nitrogen functional groups attached to an aromatic ring is 1. The average molecular weight is 289 g/mol. The molecule has 21 heavy (non-hydrogen) atoms. The van der Waals surface area contributed by atoms with Crippen molar-refractivity contribution in [3.63, 3.8) is 0 Å². The molecule has 0 aliphatic carbocycles. The quantitative estimate of drug-likeness (QED) is 0.875. The fourth-order valence-electron chi connectivity index (χ4n) is 2.45. The first-order valence-corrected chi connectivity index (χ1v) is 7.03.